The Labute approximate surface area is 177 Å². The van der Waals surface area contributed by atoms with Crippen LogP contribution >= 0.6 is 0 Å². The Kier molecular flexibility index (Phi) is 5.83. The van der Waals surface area contributed by atoms with Crippen LogP contribution in [0.25, 0.3) is 0 Å². The van der Waals surface area contributed by atoms with Crippen LogP contribution in [0.3, 0.4) is 0 Å². The van der Waals surface area contributed by atoms with Crippen LogP contribution in [-0.2, 0) is 22.2 Å². The van der Waals surface area contributed by atoms with Crippen molar-refractivity contribution >= 4 is 21.5 Å². The number of nitrogens with zero attached hydrogens (tertiary/aromatic N) is 2. The van der Waals surface area contributed by atoms with Gasteiger partial charge in [-0.05, 0) is 35.2 Å². The van der Waals surface area contributed by atoms with Crippen molar-refractivity contribution in [2.75, 3.05) is 17.8 Å². The molecule has 0 fully saturated rings. The predicted octanol–water partition coefficient (Wildman–Crippen LogP) is 3.16. The summed E-state index contributed by atoms with van der Waals surface area (Å²) >= 11 is 0. The molecule has 7 heteroatoms. The lowest BCUT2D eigenvalue weighted by molar-refractivity contribution is 0.484. The molecule has 0 aliphatic carbocycles. The van der Waals surface area contributed by atoms with Gasteiger partial charge in [0.2, 0.25) is 10.0 Å². The van der Waals surface area contributed by atoms with Gasteiger partial charge in [0.05, 0.1) is 18.8 Å². The summed E-state index contributed by atoms with van der Waals surface area (Å²) in [7, 11) is -3.45. The molecule has 0 saturated carbocycles. The third kappa shape index (κ3) is 5.06. The molecular formula is C23H24N4O2S. The molecule has 3 N–H and O–H groups in total. The molecule has 154 valence electrons. The van der Waals surface area contributed by atoms with Crippen molar-refractivity contribution in [3.05, 3.63) is 101 Å². The minimum Gasteiger partial charge on any atom is -0.293 e. The fourth-order valence-corrected chi connectivity index (χ4v) is 4.62. The van der Waals surface area contributed by atoms with Crippen molar-refractivity contribution in [1.29, 1.82) is 0 Å². The predicted molar refractivity (Wildman–Crippen MR) is 121 cm³/mol. The van der Waals surface area contributed by atoms with E-state index >= 15 is 0 Å². The molecule has 0 spiro atoms. The maximum absolute atomic E-state index is 12.4. The van der Waals surface area contributed by atoms with Crippen LogP contribution in [0.2, 0.25) is 0 Å². The van der Waals surface area contributed by atoms with Crippen LogP contribution in [0.15, 0.2) is 83.9 Å². The minimum absolute atomic E-state index is 0.0482. The number of sulfonamides is 1. The number of nitrogens with two attached hydrogens (primary N) is 1. The van der Waals surface area contributed by atoms with E-state index in [2.05, 4.69) is 21.8 Å². The van der Waals surface area contributed by atoms with Crippen LogP contribution in [-0.4, -0.2) is 32.4 Å². The number of aliphatic imine (C=N–C) groups is 1. The number of rotatable bonds is 7. The maximum atomic E-state index is 12.4. The van der Waals surface area contributed by atoms with E-state index in [1.165, 1.54) is 5.56 Å². The van der Waals surface area contributed by atoms with E-state index in [-0.39, 0.29) is 5.75 Å². The number of hydrogen-bond acceptors (Lipinski definition) is 5. The number of nitrogens with one attached hydrogen (secondary N) is 1. The lowest BCUT2D eigenvalue weighted by Crippen LogP contribution is -2.34. The molecule has 0 saturated heterocycles. The molecule has 1 heterocycles. The van der Waals surface area contributed by atoms with E-state index in [1.54, 1.807) is 29.3 Å². The summed E-state index contributed by atoms with van der Waals surface area (Å²) in [6, 6.07) is 24.8. The zero-order valence-corrected chi connectivity index (χ0v) is 17.3. The highest BCUT2D eigenvalue weighted by Gasteiger charge is 2.15. The average Bonchev–Trinajstić information content (AvgIpc) is 3.16. The molecule has 3 aromatic rings. The zero-order chi connectivity index (χ0) is 21.0. The van der Waals surface area contributed by atoms with Crippen molar-refractivity contribution < 1.29 is 8.42 Å². The highest BCUT2D eigenvalue weighted by Crippen LogP contribution is 2.17. The second-order valence-electron chi connectivity index (χ2n) is 7.32. The van der Waals surface area contributed by atoms with Crippen LogP contribution in [0.1, 0.15) is 22.3 Å². The monoisotopic (exact) mass is 420 g/mol. The van der Waals surface area contributed by atoms with Gasteiger partial charge in [-0.25, -0.2) is 14.3 Å². The Morgan fingerprint density at radius 1 is 0.867 bits per heavy atom. The molecule has 0 atom stereocenters. The molecule has 0 amide bonds. The van der Waals surface area contributed by atoms with Gasteiger partial charge in [-0.1, -0.05) is 66.7 Å². The summed E-state index contributed by atoms with van der Waals surface area (Å²) in [4.78, 5) is 4.43. The first kappa shape index (κ1) is 20.1. The summed E-state index contributed by atoms with van der Waals surface area (Å²) in [6.07, 6.45) is 0.760. The molecule has 30 heavy (non-hydrogen) atoms. The standard InChI is InChI=1S/C23H24N4O2S/c24-27-15-14-25-23(27)21-10-6-18(7-11-21)16-19-8-12-22(13-9-19)26-30(28,29)17-20-4-2-1-3-5-20/h1-13,26H,14-17,24H2. The van der Waals surface area contributed by atoms with Crippen molar-refractivity contribution in [1.82, 2.24) is 5.01 Å². The fraction of sp³-hybridized carbons (Fsp3) is 0.174. The highest BCUT2D eigenvalue weighted by molar-refractivity contribution is 7.91. The summed E-state index contributed by atoms with van der Waals surface area (Å²) in [6.45, 7) is 1.48. The number of hydrogen-bond donors (Lipinski definition) is 2. The van der Waals surface area contributed by atoms with Gasteiger partial charge in [-0.2, -0.15) is 0 Å². The smallest absolute Gasteiger partial charge is 0.236 e. The number of anilines is 1. The number of amidine groups is 1. The lowest BCUT2D eigenvalue weighted by Gasteiger charge is -2.13. The van der Waals surface area contributed by atoms with Gasteiger partial charge in [0.25, 0.3) is 0 Å². The molecule has 4 rings (SSSR count). The molecule has 0 aromatic heterocycles. The van der Waals surface area contributed by atoms with E-state index in [0.717, 1.165) is 42.0 Å². The second-order valence-corrected chi connectivity index (χ2v) is 9.04. The van der Waals surface area contributed by atoms with Gasteiger partial charge >= 0.3 is 0 Å². The van der Waals surface area contributed by atoms with E-state index in [4.69, 9.17) is 5.84 Å². The minimum atomic E-state index is -3.45. The van der Waals surface area contributed by atoms with Crippen molar-refractivity contribution in [3.63, 3.8) is 0 Å². The second kappa shape index (κ2) is 8.69. The first-order valence-electron chi connectivity index (χ1n) is 9.78. The molecule has 0 unspecified atom stereocenters. The molecular weight excluding hydrogens is 396 g/mol. The van der Waals surface area contributed by atoms with Crippen molar-refractivity contribution in [2.45, 2.75) is 12.2 Å². The maximum Gasteiger partial charge on any atom is 0.236 e. The Hall–Kier alpha value is -3.16. The van der Waals surface area contributed by atoms with Crippen LogP contribution in [0, 0.1) is 0 Å². The van der Waals surface area contributed by atoms with Gasteiger partial charge in [0, 0.05) is 11.3 Å². The van der Waals surface area contributed by atoms with Gasteiger partial charge in [0.15, 0.2) is 0 Å². The molecule has 0 bridgehead atoms. The van der Waals surface area contributed by atoms with E-state index < -0.39 is 10.0 Å². The van der Waals surface area contributed by atoms with E-state index in [1.807, 2.05) is 42.5 Å². The summed E-state index contributed by atoms with van der Waals surface area (Å²) in [5.41, 5.74) is 4.60. The van der Waals surface area contributed by atoms with Crippen LogP contribution in [0.4, 0.5) is 5.69 Å². The lowest BCUT2D eigenvalue weighted by atomic mass is 10.0. The van der Waals surface area contributed by atoms with Gasteiger partial charge in [-0.3, -0.25) is 14.7 Å². The van der Waals surface area contributed by atoms with E-state index in [0.29, 0.717) is 5.69 Å². The Bertz CT molecular complexity index is 1130. The molecule has 6 nitrogen and oxygen atoms in total. The van der Waals surface area contributed by atoms with Crippen molar-refractivity contribution in [3.8, 4) is 0 Å². The largest absolute Gasteiger partial charge is 0.293 e. The van der Waals surface area contributed by atoms with Crippen molar-refractivity contribution in [2.24, 2.45) is 10.8 Å². The topological polar surface area (TPSA) is 87.8 Å². The summed E-state index contributed by atoms with van der Waals surface area (Å²) in [5.74, 6) is 6.71. The fourth-order valence-electron chi connectivity index (χ4n) is 3.42. The Morgan fingerprint density at radius 2 is 1.50 bits per heavy atom. The van der Waals surface area contributed by atoms with Crippen LogP contribution < -0.4 is 10.6 Å². The first-order chi connectivity index (χ1) is 14.5. The quantitative estimate of drug-likeness (QED) is 0.575. The number of hydrazine groups is 1. The Balaban J connectivity index is 1.38. The van der Waals surface area contributed by atoms with Gasteiger partial charge in [-0.15, -0.1) is 0 Å². The Morgan fingerprint density at radius 3 is 2.10 bits per heavy atom. The normalized spacial score (nSPS) is 13.9. The first-order valence-corrected chi connectivity index (χ1v) is 11.4. The highest BCUT2D eigenvalue weighted by atomic mass is 32.2. The number of benzene rings is 3. The summed E-state index contributed by atoms with van der Waals surface area (Å²) < 4.78 is 27.4. The van der Waals surface area contributed by atoms with Gasteiger partial charge < -0.3 is 0 Å². The van der Waals surface area contributed by atoms with Gasteiger partial charge in [0.1, 0.15) is 5.84 Å². The molecule has 1 aliphatic rings. The molecule has 1 aliphatic heterocycles. The van der Waals surface area contributed by atoms with E-state index in [9.17, 15) is 8.42 Å². The molecule has 3 aromatic carbocycles. The zero-order valence-electron chi connectivity index (χ0n) is 16.5. The van der Waals surface area contributed by atoms with Crippen LogP contribution in [0.5, 0.6) is 0 Å². The average molecular weight is 421 g/mol. The third-order valence-corrected chi connectivity index (χ3v) is 6.18. The third-order valence-electron chi connectivity index (χ3n) is 4.92. The molecule has 0 radical (unpaired) electrons. The SMILES string of the molecule is NN1CCN=C1c1ccc(Cc2ccc(NS(=O)(=O)Cc3ccccc3)cc2)cc1. The summed E-state index contributed by atoms with van der Waals surface area (Å²) in [5, 5.41) is 1.67.